The summed E-state index contributed by atoms with van der Waals surface area (Å²) in [7, 11) is 3.12. The van der Waals surface area contributed by atoms with Crippen LogP contribution in [0, 0.1) is 23.2 Å². The Balaban J connectivity index is 1.21. The number of piperazine rings is 1. The summed E-state index contributed by atoms with van der Waals surface area (Å²) in [6.45, 7) is 2.31. The second kappa shape index (κ2) is 8.03. The molecule has 0 aromatic heterocycles. The highest BCUT2D eigenvalue weighted by Gasteiger charge is 2.51. The molecule has 31 heavy (non-hydrogen) atoms. The molecule has 0 atom stereocenters. The molecule has 6 heteroatoms. The highest BCUT2D eigenvalue weighted by Crippen LogP contribution is 2.61. The molecule has 6 nitrogen and oxygen atoms in total. The van der Waals surface area contributed by atoms with E-state index in [1.54, 1.807) is 26.4 Å². The van der Waals surface area contributed by atoms with Gasteiger partial charge in [0.2, 0.25) is 5.91 Å². The van der Waals surface area contributed by atoms with Crippen molar-refractivity contribution in [1.29, 1.82) is 0 Å². The monoisotopic (exact) mass is 426 g/mol. The van der Waals surface area contributed by atoms with Gasteiger partial charge in [0.1, 0.15) is 17.1 Å². The van der Waals surface area contributed by atoms with Crippen molar-refractivity contribution in [2.24, 2.45) is 23.2 Å². The summed E-state index contributed by atoms with van der Waals surface area (Å²) in [5.41, 5.74) is 0.727. The Morgan fingerprint density at radius 3 is 1.84 bits per heavy atom. The topological polar surface area (TPSA) is 59.1 Å². The summed E-state index contributed by atoms with van der Waals surface area (Å²) >= 11 is 0. The van der Waals surface area contributed by atoms with Gasteiger partial charge in [-0.2, -0.15) is 0 Å². The molecular formula is C25H34N2O4. The molecule has 5 aliphatic rings. The first-order valence-corrected chi connectivity index (χ1v) is 11.8. The molecule has 1 aromatic rings. The molecule has 0 radical (unpaired) electrons. The lowest BCUT2D eigenvalue weighted by atomic mass is 9.49. The first kappa shape index (κ1) is 20.7. The minimum Gasteiger partial charge on any atom is -0.496 e. The lowest BCUT2D eigenvalue weighted by Crippen LogP contribution is -2.53. The maximum absolute atomic E-state index is 13.2. The van der Waals surface area contributed by atoms with Crippen molar-refractivity contribution in [1.82, 2.24) is 9.80 Å². The van der Waals surface area contributed by atoms with Crippen LogP contribution in [0.2, 0.25) is 0 Å². The number of ether oxygens (including phenoxy) is 2. The van der Waals surface area contributed by atoms with Crippen LogP contribution >= 0.6 is 0 Å². The fourth-order valence-corrected chi connectivity index (χ4v) is 7.32. The van der Waals surface area contributed by atoms with Gasteiger partial charge in [-0.15, -0.1) is 0 Å². The Morgan fingerprint density at radius 2 is 1.35 bits per heavy atom. The largest absolute Gasteiger partial charge is 0.496 e. The molecule has 5 fully saturated rings. The molecule has 0 spiro atoms. The van der Waals surface area contributed by atoms with Gasteiger partial charge in [-0.1, -0.05) is 6.07 Å². The van der Waals surface area contributed by atoms with Crippen molar-refractivity contribution in [2.75, 3.05) is 40.4 Å². The lowest BCUT2D eigenvalue weighted by molar-refractivity contribution is -0.141. The van der Waals surface area contributed by atoms with Crippen molar-refractivity contribution in [3.05, 3.63) is 23.8 Å². The second-order valence-electron chi connectivity index (χ2n) is 10.3. The van der Waals surface area contributed by atoms with Crippen LogP contribution in [0.1, 0.15) is 55.3 Å². The van der Waals surface area contributed by atoms with Crippen LogP contribution in [0.15, 0.2) is 18.2 Å². The van der Waals surface area contributed by atoms with E-state index < -0.39 is 0 Å². The third-order valence-electron chi connectivity index (χ3n) is 8.25. The molecule has 2 amide bonds. The summed E-state index contributed by atoms with van der Waals surface area (Å²) < 4.78 is 10.8. The number of hydrogen-bond donors (Lipinski definition) is 0. The molecule has 168 valence electrons. The summed E-state index contributed by atoms with van der Waals surface area (Å²) in [5, 5.41) is 0. The third kappa shape index (κ3) is 3.79. The minimum atomic E-state index is -0.0949. The van der Waals surface area contributed by atoms with Crippen molar-refractivity contribution in [2.45, 2.75) is 44.9 Å². The molecule has 1 saturated heterocycles. The highest BCUT2D eigenvalue weighted by molar-refractivity contribution is 6.00. The molecule has 1 aromatic carbocycles. The van der Waals surface area contributed by atoms with Crippen LogP contribution in [0.5, 0.6) is 11.5 Å². The van der Waals surface area contributed by atoms with E-state index in [1.807, 2.05) is 15.9 Å². The molecule has 6 rings (SSSR count). The lowest BCUT2D eigenvalue weighted by Gasteiger charge is -2.57. The van der Waals surface area contributed by atoms with Gasteiger partial charge >= 0.3 is 0 Å². The zero-order valence-electron chi connectivity index (χ0n) is 18.8. The van der Waals surface area contributed by atoms with E-state index in [0.29, 0.717) is 55.6 Å². The zero-order valence-corrected chi connectivity index (χ0v) is 18.8. The van der Waals surface area contributed by atoms with Gasteiger partial charge in [0, 0.05) is 32.6 Å². The van der Waals surface area contributed by atoms with E-state index in [0.717, 1.165) is 17.8 Å². The van der Waals surface area contributed by atoms with Gasteiger partial charge in [-0.25, -0.2) is 0 Å². The van der Waals surface area contributed by atoms with E-state index in [9.17, 15) is 9.59 Å². The van der Waals surface area contributed by atoms with E-state index >= 15 is 0 Å². The van der Waals surface area contributed by atoms with E-state index in [2.05, 4.69) is 0 Å². The van der Waals surface area contributed by atoms with Crippen molar-refractivity contribution >= 4 is 11.8 Å². The molecule has 4 bridgehead atoms. The second-order valence-corrected chi connectivity index (χ2v) is 10.3. The molecule has 4 saturated carbocycles. The Bertz CT molecular complexity index is 802. The average molecular weight is 427 g/mol. The fraction of sp³-hybridized carbons (Fsp3) is 0.680. The van der Waals surface area contributed by atoms with Crippen molar-refractivity contribution < 1.29 is 19.1 Å². The number of rotatable bonds is 5. The number of nitrogens with zero attached hydrogens (tertiary/aromatic N) is 2. The number of hydrogen-bond acceptors (Lipinski definition) is 4. The van der Waals surface area contributed by atoms with E-state index in [4.69, 9.17) is 9.47 Å². The third-order valence-corrected chi connectivity index (χ3v) is 8.25. The van der Waals surface area contributed by atoms with E-state index in [-0.39, 0.29) is 11.3 Å². The fourth-order valence-electron chi connectivity index (χ4n) is 7.32. The normalized spacial score (nSPS) is 31.6. The Morgan fingerprint density at radius 1 is 0.871 bits per heavy atom. The maximum atomic E-state index is 13.2. The molecule has 1 aliphatic heterocycles. The highest BCUT2D eigenvalue weighted by atomic mass is 16.5. The Kier molecular flexibility index (Phi) is 5.35. The van der Waals surface area contributed by atoms with Crippen molar-refractivity contribution in [3.8, 4) is 11.5 Å². The number of methoxy groups -OCH3 is 2. The predicted molar refractivity (Wildman–Crippen MR) is 117 cm³/mol. The van der Waals surface area contributed by atoms with Gasteiger partial charge in [-0.3, -0.25) is 9.59 Å². The summed E-state index contributed by atoms with van der Waals surface area (Å²) in [6.07, 6.45) is 8.71. The smallest absolute Gasteiger partial charge is 0.261 e. The number of benzene rings is 1. The maximum Gasteiger partial charge on any atom is 0.261 e. The zero-order chi connectivity index (χ0) is 21.6. The van der Waals surface area contributed by atoms with Gasteiger partial charge in [0.15, 0.2) is 0 Å². The van der Waals surface area contributed by atoms with Gasteiger partial charge in [-0.05, 0) is 73.8 Å². The van der Waals surface area contributed by atoms with Crippen LogP contribution in [-0.2, 0) is 4.79 Å². The van der Waals surface area contributed by atoms with Crippen LogP contribution in [-0.4, -0.2) is 62.0 Å². The van der Waals surface area contributed by atoms with E-state index in [1.165, 1.54) is 38.5 Å². The first-order chi connectivity index (χ1) is 15.0. The summed E-state index contributed by atoms with van der Waals surface area (Å²) in [4.78, 5) is 30.2. The summed E-state index contributed by atoms with van der Waals surface area (Å²) in [6, 6.07) is 5.37. The standard InChI is InChI=1S/C25H34N2O4/c1-30-20-4-3-5-21(31-2)23(20)24(29)27-8-6-26(7-9-27)22(28)16-25-13-17-10-18(14-25)12-19(11-17)15-25/h3-5,17-19H,6-16H2,1-2H3. The van der Waals surface area contributed by atoms with Crippen LogP contribution in [0.25, 0.3) is 0 Å². The minimum absolute atomic E-state index is 0.0949. The van der Waals surface area contributed by atoms with Crippen molar-refractivity contribution in [3.63, 3.8) is 0 Å². The van der Waals surface area contributed by atoms with Crippen LogP contribution < -0.4 is 9.47 Å². The molecule has 0 N–H and O–H groups in total. The molecule has 0 unspecified atom stereocenters. The quantitative estimate of drug-likeness (QED) is 0.722. The Hall–Kier alpha value is -2.24. The summed E-state index contributed by atoms with van der Waals surface area (Å²) in [5.74, 6) is 3.83. The van der Waals surface area contributed by atoms with Gasteiger partial charge < -0.3 is 19.3 Å². The number of carbonyl (C=O) groups excluding carboxylic acids is 2. The van der Waals surface area contributed by atoms with Crippen LogP contribution in [0.4, 0.5) is 0 Å². The predicted octanol–water partition coefficient (Wildman–Crippen LogP) is 3.59. The first-order valence-electron chi connectivity index (χ1n) is 11.8. The SMILES string of the molecule is COc1cccc(OC)c1C(=O)N1CCN(C(=O)CC23CC4CC(CC(C4)C2)C3)CC1. The van der Waals surface area contributed by atoms with Gasteiger partial charge in [0.25, 0.3) is 5.91 Å². The molecular weight excluding hydrogens is 392 g/mol. The van der Waals surface area contributed by atoms with Gasteiger partial charge in [0.05, 0.1) is 14.2 Å². The molecule has 1 heterocycles. The Labute approximate surface area is 184 Å². The average Bonchev–Trinajstić information content (AvgIpc) is 2.76. The number of carbonyl (C=O) groups is 2. The number of amides is 2. The molecule has 4 aliphatic carbocycles. The van der Waals surface area contributed by atoms with Crippen LogP contribution in [0.3, 0.4) is 0 Å².